The molecule has 1 amide bonds. The van der Waals surface area contributed by atoms with Crippen molar-refractivity contribution in [3.8, 4) is 5.95 Å². The van der Waals surface area contributed by atoms with Crippen LogP contribution in [0.2, 0.25) is 0 Å². The van der Waals surface area contributed by atoms with Crippen LogP contribution in [-0.4, -0.2) is 38.0 Å². The van der Waals surface area contributed by atoms with Gasteiger partial charge in [0.1, 0.15) is 18.0 Å². The summed E-state index contributed by atoms with van der Waals surface area (Å²) < 4.78 is 14.9. The van der Waals surface area contributed by atoms with E-state index in [1.807, 2.05) is 26.2 Å². The standard InChI is InChI=1S/C23H27FN6O/c1-16-14-26-23(29-12-10-25-15-29)28-22(16)30-11-4-3-5-20(30)13-21(31)27-17(2)18-6-8-19(24)9-7-18/h6-10,12,14-15,17,20H,3-5,11,13H2,1-2H3,(H,27,31). The number of rotatable bonds is 6. The Hall–Kier alpha value is -3.29. The van der Waals surface area contributed by atoms with Crippen molar-refractivity contribution in [3.63, 3.8) is 0 Å². The average molecular weight is 423 g/mol. The largest absolute Gasteiger partial charge is 0.353 e. The van der Waals surface area contributed by atoms with Crippen LogP contribution in [0.1, 0.15) is 49.8 Å². The van der Waals surface area contributed by atoms with Gasteiger partial charge in [0.25, 0.3) is 0 Å². The highest BCUT2D eigenvalue weighted by molar-refractivity contribution is 5.77. The molecule has 31 heavy (non-hydrogen) atoms. The van der Waals surface area contributed by atoms with Crippen molar-refractivity contribution in [3.05, 3.63) is 66.1 Å². The Balaban J connectivity index is 1.48. The van der Waals surface area contributed by atoms with Gasteiger partial charge in [0.05, 0.1) is 6.04 Å². The third-order valence-electron chi connectivity index (χ3n) is 5.74. The van der Waals surface area contributed by atoms with Gasteiger partial charge in [-0.05, 0) is 50.8 Å². The zero-order valence-electron chi connectivity index (χ0n) is 17.8. The number of hydrogen-bond donors (Lipinski definition) is 1. The fraction of sp³-hybridized carbons (Fsp3) is 0.391. The molecule has 7 nitrogen and oxygen atoms in total. The van der Waals surface area contributed by atoms with Crippen LogP contribution < -0.4 is 10.2 Å². The molecule has 0 saturated carbocycles. The molecule has 1 aliphatic heterocycles. The third kappa shape index (κ3) is 4.90. The highest BCUT2D eigenvalue weighted by atomic mass is 19.1. The van der Waals surface area contributed by atoms with Gasteiger partial charge in [-0.25, -0.2) is 14.4 Å². The van der Waals surface area contributed by atoms with Crippen molar-refractivity contribution >= 4 is 11.7 Å². The number of halogens is 1. The van der Waals surface area contributed by atoms with Gasteiger partial charge in [-0.2, -0.15) is 4.98 Å². The van der Waals surface area contributed by atoms with Gasteiger partial charge in [0, 0.05) is 43.2 Å². The van der Waals surface area contributed by atoms with E-state index < -0.39 is 0 Å². The van der Waals surface area contributed by atoms with Crippen LogP contribution in [0, 0.1) is 12.7 Å². The fourth-order valence-corrected chi connectivity index (χ4v) is 4.06. The van der Waals surface area contributed by atoms with Crippen molar-refractivity contribution in [2.75, 3.05) is 11.4 Å². The molecule has 0 aliphatic carbocycles. The molecular weight excluding hydrogens is 395 g/mol. The van der Waals surface area contributed by atoms with E-state index in [0.717, 1.165) is 42.8 Å². The number of anilines is 1. The van der Waals surface area contributed by atoms with E-state index in [1.165, 1.54) is 12.1 Å². The monoisotopic (exact) mass is 422 g/mol. The summed E-state index contributed by atoms with van der Waals surface area (Å²) in [5, 5.41) is 3.05. The quantitative estimate of drug-likeness (QED) is 0.655. The molecule has 0 radical (unpaired) electrons. The Morgan fingerprint density at radius 2 is 2.10 bits per heavy atom. The summed E-state index contributed by atoms with van der Waals surface area (Å²) >= 11 is 0. The Labute approximate surface area is 181 Å². The smallest absolute Gasteiger partial charge is 0.236 e. The highest BCUT2D eigenvalue weighted by Crippen LogP contribution is 2.28. The molecule has 162 valence electrons. The first-order chi connectivity index (χ1) is 15.0. The lowest BCUT2D eigenvalue weighted by Gasteiger charge is -2.37. The number of carbonyl (C=O) groups is 1. The molecule has 1 saturated heterocycles. The molecule has 3 aromatic rings. The second-order valence-electron chi connectivity index (χ2n) is 8.03. The predicted octanol–water partition coefficient (Wildman–Crippen LogP) is 3.74. The van der Waals surface area contributed by atoms with Gasteiger partial charge in [-0.15, -0.1) is 0 Å². The van der Waals surface area contributed by atoms with Crippen LogP contribution in [0.3, 0.4) is 0 Å². The van der Waals surface area contributed by atoms with Crippen molar-refractivity contribution < 1.29 is 9.18 Å². The summed E-state index contributed by atoms with van der Waals surface area (Å²) in [7, 11) is 0. The second kappa shape index (κ2) is 9.24. The number of amides is 1. The number of hydrogen-bond acceptors (Lipinski definition) is 5. The van der Waals surface area contributed by atoms with Crippen LogP contribution in [0.5, 0.6) is 0 Å². The molecule has 2 unspecified atom stereocenters. The van der Waals surface area contributed by atoms with Gasteiger partial charge in [-0.3, -0.25) is 9.36 Å². The molecule has 1 fully saturated rings. The maximum absolute atomic E-state index is 13.2. The first-order valence-electron chi connectivity index (χ1n) is 10.6. The van der Waals surface area contributed by atoms with E-state index in [1.54, 1.807) is 29.2 Å². The Kier molecular flexibility index (Phi) is 6.25. The van der Waals surface area contributed by atoms with E-state index in [4.69, 9.17) is 4.98 Å². The lowest BCUT2D eigenvalue weighted by atomic mass is 9.98. The third-order valence-corrected chi connectivity index (χ3v) is 5.74. The number of benzene rings is 1. The van der Waals surface area contributed by atoms with Crippen molar-refractivity contribution in [2.45, 2.75) is 51.6 Å². The predicted molar refractivity (Wildman–Crippen MR) is 116 cm³/mol. The van der Waals surface area contributed by atoms with Crippen molar-refractivity contribution in [2.24, 2.45) is 0 Å². The number of aromatic nitrogens is 4. The Morgan fingerprint density at radius 3 is 2.84 bits per heavy atom. The second-order valence-corrected chi connectivity index (χ2v) is 8.03. The molecule has 3 heterocycles. The van der Waals surface area contributed by atoms with Gasteiger partial charge in [0.2, 0.25) is 11.9 Å². The van der Waals surface area contributed by atoms with Gasteiger partial charge < -0.3 is 10.2 Å². The van der Waals surface area contributed by atoms with E-state index in [2.05, 4.69) is 20.2 Å². The normalized spacial score (nSPS) is 17.4. The average Bonchev–Trinajstić information content (AvgIpc) is 3.30. The molecule has 0 bridgehead atoms. The van der Waals surface area contributed by atoms with E-state index in [9.17, 15) is 9.18 Å². The summed E-state index contributed by atoms with van der Waals surface area (Å²) in [6, 6.07) is 6.12. The topological polar surface area (TPSA) is 75.9 Å². The molecule has 1 N–H and O–H groups in total. The number of nitrogens with one attached hydrogen (secondary N) is 1. The van der Waals surface area contributed by atoms with Gasteiger partial charge in [0.15, 0.2) is 0 Å². The van der Waals surface area contributed by atoms with Crippen molar-refractivity contribution in [1.29, 1.82) is 0 Å². The first-order valence-corrected chi connectivity index (χ1v) is 10.6. The maximum Gasteiger partial charge on any atom is 0.236 e. The van der Waals surface area contributed by atoms with Crippen LogP contribution in [0.4, 0.5) is 10.2 Å². The molecule has 2 atom stereocenters. The van der Waals surface area contributed by atoms with E-state index in [0.29, 0.717) is 12.4 Å². The maximum atomic E-state index is 13.2. The van der Waals surface area contributed by atoms with Crippen LogP contribution in [0.15, 0.2) is 49.2 Å². The van der Waals surface area contributed by atoms with E-state index in [-0.39, 0.29) is 23.8 Å². The summed E-state index contributed by atoms with van der Waals surface area (Å²) in [4.78, 5) is 28.3. The zero-order chi connectivity index (χ0) is 21.8. The minimum Gasteiger partial charge on any atom is -0.353 e. The molecule has 4 rings (SSSR count). The Bertz CT molecular complexity index is 1020. The number of aryl methyl sites for hydroxylation is 1. The number of piperidine rings is 1. The summed E-state index contributed by atoms with van der Waals surface area (Å²) in [5.41, 5.74) is 1.86. The zero-order valence-corrected chi connectivity index (χ0v) is 17.8. The lowest BCUT2D eigenvalue weighted by molar-refractivity contribution is -0.122. The minimum absolute atomic E-state index is 0.0183. The minimum atomic E-state index is -0.282. The summed E-state index contributed by atoms with van der Waals surface area (Å²) in [5.74, 6) is 1.13. The summed E-state index contributed by atoms with van der Waals surface area (Å²) in [6.45, 7) is 4.76. The molecule has 2 aromatic heterocycles. The van der Waals surface area contributed by atoms with Crippen molar-refractivity contribution in [1.82, 2.24) is 24.8 Å². The van der Waals surface area contributed by atoms with Gasteiger partial charge >= 0.3 is 0 Å². The molecule has 1 aliphatic rings. The van der Waals surface area contributed by atoms with E-state index >= 15 is 0 Å². The number of imidazole rings is 1. The lowest BCUT2D eigenvalue weighted by Crippen LogP contribution is -2.44. The van der Waals surface area contributed by atoms with Crippen LogP contribution in [0.25, 0.3) is 5.95 Å². The van der Waals surface area contributed by atoms with Gasteiger partial charge in [-0.1, -0.05) is 12.1 Å². The van der Waals surface area contributed by atoms with Crippen LogP contribution in [-0.2, 0) is 4.79 Å². The molecule has 1 aromatic carbocycles. The fourth-order valence-electron chi connectivity index (χ4n) is 4.06. The molecule has 0 spiro atoms. The summed E-state index contributed by atoms with van der Waals surface area (Å²) in [6.07, 6.45) is 10.5. The highest BCUT2D eigenvalue weighted by Gasteiger charge is 2.28. The molecule has 8 heteroatoms. The number of carbonyl (C=O) groups excluding carboxylic acids is 1. The SMILES string of the molecule is Cc1cnc(-n2ccnc2)nc1N1CCCCC1CC(=O)NC(C)c1ccc(F)cc1. The number of nitrogens with zero attached hydrogens (tertiary/aromatic N) is 5. The van der Waals surface area contributed by atoms with Crippen LogP contribution >= 0.6 is 0 Å². The first kappa shape index (κ1) is 21.0. The molecular formula is C23H27FN6O. The Morgan fingerprint density at radius 1 is 1.29 bits per heavy atom.